The Labute approximate surface area is 68.6 Å². The molecule has 66 valence electrons. The van der Waals surface area contributed by atoms with Gasteiger partial charge in [-0.25, -0.2) is 0 Å². The van der Waals surface area contributed by atoms with E-state index >= 15 is 0 Å². The molecule has 0 saturated carbocycles. The van der Waals surface area contributed by atoms with Crippen LogP contribution in [0, 0.1) is 11.8 Å². The van der Waals surface area contributed by atoms with Crippen molar-refractivity contribution in [2.24, 2.45) is 11.8 Å². The second-order valence-electron chi connectivity index (χ2n) is 3.44. The highest BCUT2D eigenvalue weighted by atomic mass is 16.5. The molecule has 2 nitrogen and oxygen atoms in total. The molecular formula is C9H18O2. The molecule has 0 aromatic rings. The summed E-state index contributed by atoms with van der Waals surface area (Å²) in [6, 6.07) is 0. The van der Waals surface area contributed by atoms with Crippen molar-refractivity contribution < 1.29 is 9.84 Å². The summed E-state index contributed by atoms with van der Waals surface area (Å²) in [5.41, 5.74) is 0. The predicted molar refractivity (Wildman–Crippen MR) is 44.4 cm³/mol. The molecule has 0 amide bonds. The van der Waals surface area contributed by atoms with Crippen LogP contribution in [0.25, 0.3) is 0 Å². The van der Waals surface area contributed by atoms with Gasteiger partial charge in [-0.1, -0.05) is 13.3 Å². The van der Waals surface area contributed by atoms with Crippen molar-refractivity contribution >= 4 is 0 Å². The van der Waals surface area contributed by atoms with E-state index in [1.165, 1.54) is 0 Å². The molecule has 1 aliphatic rings. The van der Waals surface area contributed by atoms with Gasteiger partial charge in [-0.3, -0.25) is 0 Å². The van der Waals surface area contributed by atoms with Crippen LogP contribution in [-0.4, -0.2) is 24.4 Å². The van der Waals surface area contributed by atoms with Crippen LogP contribution in [0.2, 0.25) is 0 Å². The maximum Gasteiger partial charge on any atom is 0.0543 e. The lowest BCUT2D eigenvalue weighted by molar-refractivity contribution is 0.0756. The standard InChI is InChI=1S/C9H18O2/c1-3-9(7(2)10)8-4-5-11-6-8/h7-10H,3-6H2,1-2H3. The van der Waals surface area contributed by atoms with E-state index in [4.69, 9.17) is 4.74 Å². The average molecular weight is 158 g/mol. The van der Waals surface area contributed by atoms with Crippen LogP contribution < -0.4 is 0 Å². The third kappa shape index (κ3) is 2.17. The fourth-order valence-corrected chi connectivity index (χ4v) is 1.96. The fourth-order valence-electron chi connectivity index (χ4n) is 1.96. The van der Waals surface area contributed by atoms with Gasteiger partial charge in [0, 0.05) is 13.2 Å². The topological polar surface area (TPSA) is 29.5 Å². The van der Waals surface area contributed by atoms with Crippen LogP contribution >= 0.6 is 0 Å². The summed E-state index contributed by atoms with van der Waals surface area (Å²) < 4.78 is 5.28. The van der Waals surface area contributed by atoms with Crippen molar-refractivity contribution in [3.8, 4) is 0 Å². The van der Waals surface area contributed by atoms with Crippen LogP contribution in [0.5, 0.6) is 0 Å². The summed E-state index contributed by atoms with van der Waals surface area (Å²) in [6.45, 7) is 5.75. The normalized spacial score (nSPS) is 30.3. The van der Waals surface area contributed by atoms with E-state index in [1.54, 1.807) is 0 Å². The Kier molecular flexibility index (Phi) is 3.34. The van der Waals surface area contributed by atoms with Crippen molar-refractivity contribution in [1.82, 2.24) is 0 Å². The zero-order valence-electron chi connectivity index (χ0n) is 7.42. The molecule has 0 aliphatic carbocycles. The van der Waals surface area contributed by atoms with E-state index in [-0.39, 0.29) is 6.10 Å². The van der Waals surface area contributed by atoms with Crippen LogP contribution in [0.4, 0.5) is 0 Å². The third-order valence-corrected chi connectivity index (χ3v) is 2.66. The monoisotopic (exact) mass is 158 g/mol. The molecule has 1 heterocycles. The molecule has 3 unspecified atom stereocenters. The van der Waals surface area contributed by atoms with E-state index in [0.717, 1.165) is 26.1 Å². The zero-order valence-corrected chi connectivity index (χ0v) is 7.42. The smallest absolute Gasteiger partial charge is 0.0543 e. The lowest BCUT2D eigenvalue weighted by Gasteiger charge is -2.23. The van der Waals surface area contributed by atoms with Crippen LogP contribution in [0.3, 0.4) is 0 Å². The predicted octanol–water partition coefficient (Wildman–Crippen LogP) is 1.43. The van der Waals surface area contributed by atoms with Gasteiger partial charge in [0.2, 0.25) is 0 Å². The summed E-state index contributed by atoms with van der Waals surface area (Å²) in [4.78, 5) is 0. The molecule has 0 aromatic heterocycles. The van der Waals surface area contributed by atoms with E-state index in [9.17, 15) is 5.11 Å². The Hall–Kier alpha value is -0.0800. The molecular weight excluding hydrogens is 140 g/mol. The molecule has 0 bridgehead atoms. The Morgan fingerprint density at radius 1 is 1.64 bits per heavy atom. The first kappa shape index (κ1) is 9.01. The molecule has 0 spiro atoms. The highest BCUT2D eigenvalue weighted by Gasteiger charge is 2.27. The van der Waals surface area contributed by atoms with Gasteiger partial charge in [0.15, 0.2) is 0 Å². The minimum atomic E-state index is -0.174. The Morgan fingerprint density at radius 3 is 2.73 bits per heavy atom. The summed E-state index contributed by atoms with van der Waals surface area (Å²) in [5, 5.41) is 9.42. The first-order valence-corrected chi connectivity index (χ1v) is 4.51. The maximum atomic E-state index is 9.42. The molecule has 1 N–H and O–H groups in total. The van der Waals surface area contributed by atoms with Gasteiger partial charge in [-0.05, 0) is 25.2 Å². The second-order valence-corrected chi connectivity index (χ2v) is 3.44. The number of ether oxygens (including phenoxy) is 1. The molecule has 1 fully saturated rings. The van der Waals surface area contributed by atoms with Crippen molar-refractivity contribution in [1.29, 1.82) is 0 Å². The Bertz CT molecular complexity index is 106. The Balaban J connectivity index is 2.40. The molecule has 0 aromatic carbocycles. The number of rotatable bonds is 3. The number of hydrogen-bond donors (Lipinski definition) is 1. The lowest BCUT2D eigenvalue weighted by Crippen LogP contribution is -2.25. The number of aliphatic hydroxyl groups excluding tert-OH is 1. The highest BCUT2D eigenvalue weighted by molar-refractivity contribution is 4.76. The minimum absolute atomic E-state index is 0.174. The molecule has 1 saturated heterocycles. The van der Waals surface area contributed by atoms with E-state index in [2.05, 4.69) is 6.92 Å². The maximum absolute atomic E-state index is 9.42. The van der Waals surface area contributed by atoms with E-state index in [1.807, 2.05) is 6.92 Å². The zero-order chi connectivity index (χ0) is 8.27. The summed E-state index contributed by atoms with van der Waals surface area (Å²) >= 11 is 0. The minimum Gasteiger partial charge on any atom is -0.393 e. The van der Waals surface area contributed by atoms with Crippen LogP contribution in [0.1, 0.15) is 26.7 Å². The van der Waals surface area contributed by atoms with Gasteiger partial charge in [-0.2, -0.15) is 0 Å². The largest absolute Gasteiger partial charge is 0.393 e. The van der Waals surface area contributed by atoms with Gasteiger partial charge in [0.05, 0.1) is 6.10 Å². The van der Waals surface area contributed by atoms with E-state index < -0.39 is 0 Å². The van der Waals surface area contributed by atoms with Crippen molar-refractivity contribution in [3.05, 3.63) is 0 Å². The second kappa shape index (κ2) is 4.07. The van der Waals surface area contributed by atoms with Gasteiger partial charge < -0.3 is 9.84 Å². The molecule has 3 atom stereocenters. The van der Waals surface area contributed by atoms with E-state index in [0.29, 0.717) is 11.8 Å². The van der Waals surface area contributed by atoms with Gasteiger partial charge in [-0.15, -0.1) is 0 Å². The van der Waals surface area contributed by atoms with Gasteiger partial charge >= 0.3 is 0 Å². The lowest BCUT2D eigenvalue weighted by atomic mass is 9.86. The fraction of sp³-hybridized carbons (Fsp3) is 1.00. The average Bonchev–Trinajstić information content (AvgIpc) is 2.40. The first-order chi connectivity index (χ1) is 5.25. The third-order valence-electron chi connectivity index (χ3n) is 2.66. The molecule has 0 radical (unpaired) electrons. The molecule has 2 heteroatoms. The number of hydrogen-bond acceptors (Lipinski definition) is 2. The highest BCUT2D eigenvalue weighted by Crippen LogP contribution is 2.27. The number of aliphatic hydroxyl groups is 1. The Morgan fingerprint density at radius 2 is 2.36 bits per heavy atom. The quantitative estimate of drug-likeness (QED) is 0.673. The first-order valence-electron chi connectivity index (χ1n) is 4.51. The van der Waals surface area contributed by atoms with Crippen molar-refractivity contribution in [3.63, 3.8) is 0 Å². The molecule has 1 aliphatic heterocycles. The SMILES string of the molecule is CCC(C(C)O)C1CCOC1. The van der Waals surface area contributed by atoms with Crippen LogP contribution in [-0.2, 0) is 4.74 Å². The summed E-state index contributed by atoms with van der Waals surface area (Å²) in [6.07, 6.45) is 2.02. The van der Waals surface area contributed by atoms with Crippen molar-refractivity contribution in [2.75, 3.05) is 13.2 Å². The summed E-state index contributed by atoms with van der Waals surface area (Å²) in [5.74, 6) is 1.04. The van der Waals surface area contributed by atoms with Crippen LogP contribution in [0.15, 0.2) is 0 Å². The van der Waals surface area contributed by atoms with Gasteiger partial charge in [0.25, 0.3) is 0 Å². The van der Waals surface area contributed by atoms with Crippen molar-refractivity contribution in [2.45, 2.75) is 32.8 Å². The van der Waals surface area contributed by atoms with Gasteiger partial charge in [0.1, 0.15) is 0 Å². The summed E-state index contributed by atoms with van der Waals surface area (Å²) in [7, 11) is 0. The molecule has 11 heavy (non-hydrogen) atoms. The molecule has 1 rings (SSSR count).